The summed E-state index contributed by atoms with van der Waals surface area (Å²) in [6, 6.07) is 7.31. The van der Waals surface area contributed by atoms with Crippen molar-refractivity contribution in [3.05, 3.63) is 42.0 Å². The molecule has 0 saturated heterocycles. The number of esters is 1. The molecule has 0 amide bonds. The molecule has 0 aliphatic rings. The van der Waals surface area contributed by atoms with Gasteiger partial charge in [0.15, 0.2) is 0 Å². The molecule has 0 saturated carbocycles. The monoisotopic (exact) mass is 306 g/mol. The topological polar surface area (TPSA) is 46.5 Å². The van der Waals surface area contributed by atoms with E-state index in [9.17, 15) is 4.79 Å². The van der Waals surface area contributed by atoms with Gasteiger partial charge in [0.05, 0.1) is 12.2 Å². The summed E-state index contributed by atoms with van der Waals surface area (Å²) in [6.07, 6.45) is 2.59. The van der Waals surface area contributed by atoms with E-state index in [-0.39, 0.29) is 12.6 Å². The number of rotatable bonds is 7. The number of aliphatic hydroxyl groups is 1. The van der Waals surface area contributed by atoms with Crippen LogP contribution in [0.1, 0.15) is 62.9 Å². The Bertz CT molecular complexity index is 432. The van der Waals surface area contributed by atoms with Gasteiger partial charge in [-0.15, -0.1) is 0 Å². The summed E-state index contributed by atoms with van der Waals surface area (Å²) >= 11 is 0. The number of hydrogen-bond acceptors (Lipinski definition) is 3. The maximum absolute atomic E-state index is 11.7. The molecule has 0 bridgehead atoms. The van der Waals surface area contributed by atoms with Crippen molar-refractivity contribution in [2.24, 2.45) is 5.92 Å². The van der Waals surface area contributed by atoms with Crippen LogP contribution in [-0.2, 0) is 4.74 Å². The molecule has 1 N–H and O–H groups in total. The molecule has 0 aromatic heterocycles. The van der Waals surface area contributed by atoms with Crippen LogP contribution in [0.4, 0.5) is 0 Å². The Morgan fingerprint density at radius 3 is 2.09 bits per heavy atom. The first-order chi connectivity index (χ1) is 10.5. The van der Waals surface area contributed by atoms with Crippen molar-refractivity contribution in [1.29, 1.82) is 0 Å². The zero-order valence-electron chi connectivity index (χ0n) is 14.4. The molecule has 1 aromatic rings. The highest BCUT2D eigenvalue weighted by atomic mass is 16.5. The Morgan fingerprint density at radius 1 is 1.14 bits per heavy atom. The highest BCUT2D eigenvalue weighted by Gasteiger charge is 2.08. The van der Waals surface area contributed by atoms with Gasteiger partial charge in [-0.25, -0.2) is 4.79 Å². The molecule has 22 heavy (non-hydrogen) atoms. The van der Waals surface area contributed by atoms with Gasteiger partial charge in [0.1, 0.15) is 0 Å². The van der Waals surface area contributed by atoms with Gasteiger partial charge < -0.3 is 9.84 Å². The Labute approximate surface area is 135 Å². The van der Waals surface area contributed by atoms with E-state index in [0.29, 0.717) is 30.9 Å². The Kier molecular flexibility index (Phi) is 11.1. The van der Waals surface area contributed by atoms with Gasteiger partial charge in [-0.2, -0.15) is 0 Å². The van der Waals surface area contributed by atoms with E-state index in [4.69, 9.17) is 9.84 Å². The smallest absolute Gasteiger partial charge is 0.338 e. The van der Waals surface area contributed by atoms with Gasteiger partial charge in [0.2, 0.25) is 0 Å². The number of carbonyl (C=O) groups is 1. The van der Waals surface area contributed by atoms with Crippen LogP contribution < -0.4 is 0 Å². The fourth-order valence-corrected chi connectivity index (χ4v) is 1.62. The van der Waals surface area contributed by atoms with Gasteiger partial charge in [0, 0.05) is 6.61 Å². The average molecular weight is 306 g/mol. The Morgan fingerprint density at radius 2 is 1.64 bits per heavy atom. The van der Waals surface area contributed by atoms with Gasteiger partial charge in [-0.05, 0) is 42.0 Å². The van der Waals surface area contributed by atoms with Crippen molar-refractivity contribution in [2.45, 2.75) is 47.0 Å². The third-order valence-electron chi connectivity index (χ3n) is 2.97. The van der Waals surface area contributed by atoms with Crippen molar-refractivity contribution in [1.82, 2.24) is 0 Å². The van der Waals surface area contributed by atoms with E-state index in [1.807, 2.05) is 12.1 Å². The number of benzene rings is 1. The molecule has 0 radical (unpaired) electrons. The maximum atomic E-state index is 11.7. The quantitative estimate of drug-likeness (QED) is 0.586. The van der Waals surface area contributed by atoms with Crippen LogP contribution in [0.2, 0.25) is 0 Å². The van der Waals surface area contributed by atoms with Gasteiger partial charge in [0.25, 0.3) is 0 Å². The highest BCUT2D eigenvalue weighted by molar-refractivity contribution is 5.89. The van der Waals surface area contributed by atoms with Crippen LogP contribution in [0.5, 0.6) is 0 Å². The lowest BCUT2D eigenvalue weighted by atomic mass is 9.96. The number of aliphatic hydroxyl groups excluding tert-OH is 1. The third-order valence-corrected chi connectivity index (χ3v) is 2.97. The normalized spacial score (nSPS) is 9.91. The van der Waals surface area contributed by atoms with Crippen LogP contribution in [0.3, 0.4) is 0 Å². The first kappa shape index (κ1) is 20.4. The minimum absolute atomic E-state index is 0.129. The SMILES string of the molecule is C=C(c1ccc(C(=O)OCCCCO)cc1)C(C)C.CCC. The molecule has 3 nitrogen and oxygen atoms in total. The van der Waals surface area contributed by atoms with Crippen molar-refractivity contribution >= 4 is 11.5 Å². The van der Waals surface area contributed by atoms with Gasteiger partial charge in [-0.1, -0.05) is 52.8 Å². The molecule has 0 unspecified atom stereocenters. The standard InChI is InChI=1S/C16H22O3.C3H8/c1-12(2)13(3)14-6-8-15(9-7-14)16(18)19-11-5-4-10-17;1-3-2/h6-9,12,17H,3-5,10-11H2,1-2H3;3H2,1-2H3. The molecule has 0 atom stereocenters. The largest absolute Gasteiger partial charge is 0.462 e. The minimum atomic E-state index is -0.320. The van der Waals surface area contributed by atoms with Gasteiger partial charge >= 0.3 is 5.97 Å². The van der Waals surface area contributed by atoms with Crippen LogP contribution in [0.25, 0.3) is 5.57 Å². The first-order valence-corrected chi connectivity index (χ1v) is 8.05. The zero-order valence-corrected chi connectivity index (χ0v) is 14.4. The molecule has 0 aliphatic heterocycles. The lowest BCUT2D eigenvalue weighted by molar-refractivity contribution is 0.0492. The summed E-state index contributed by atoms with van der Waals surface area (Å²) < 4.78 is 5.11. The Balaban J connectivity index is 0.00000135. The number of hydrogen-bond donors (Lipinski definition) is 1. The van der Waals surface area contributed by atoms with Crippen LogP contribution in [0.15, 0.2) is 30.8 Å². The van der Waals surface area contributed by atoms with Crippen molar-refractivity contribution in [3.8, 4) is 0 Å². The molecule has 1 rings (SSSR count). The molecule has 0 heterocycles. The van der Waals surface area contributed by atoms with Crippen LogP contribution in [0, 0.1) is 5.92 Å². The van der Waals surface area contributed by atoms with Crippen molar-refractivity contribution in [3.63, 3.8) is 0 Å². The molecular weight excluding hydrogens is 276 g/mol. The highest BCUT2D eigenvalue weighted by Crippen LogP contribution is 2.21. The van der Waals surface area contributed by atoms with Crippen LogP contribution in [-0.4, -0.2) is 24.3 Å². The molecule has 1 aromatic carbocycles. The summed E-state index contributed by atoms with van der Waals surface area (Å²) in [6.45, 7) is 12.9. The fourth-order valence-electron chi connectivity index (χ4n) is 1.62. The summed E-state index contributed by atoms with van der Waals surface area (Å²) in [5, 5.41) is 8.63. The zero-order chi connectivity index (χ0) is 17.0. The molecular formula is C19H30O3. The molecule has 0 spiro atoms. The van der Waals surface area contributed by atoms with E-state index in [0.717, 1.165) is 11.1 Å². The van der Waals surface area contributed by atoms with E-state index < -0.39 is 0 Å². The number of ether oxygens (including phenoxy) is 1. The predicted molar refractivity (Wildman–Crippen MR) is 92.9 cm³/mol. The number of carbonyl (C=O) groups excluding carboxylic acids is 1. The number of unbranched alkanes of at least 4 members (excludes halogenated alkanes) is 1. The molecule has 124 valence electrons. The third kappa shape index (κ3) is 7.99. The van der Waals surface area contributed by atoms with E-state index in [1.54, 1.807) is 12.1 Å². The molecule has 0 aliphatic carbocycles. The Hall–Kier alpha value is -1.61. The first-order valence-electron chi connectivity index (χ1n) is 8.05. The van der Waals surface area contributed by atoms with E-state index in [1.165, 1.54) is 6.42 Å². The van der Waals surface area contributed by atoms with Gasteiger partial charge in [-0.3, -0.25) is 0 Å². The lowest BCUT2D eigenvalue weighted by Gasteiger charge is -2.10. The maximum Gasteiger partial charge on any atom is 0.338 e. The summed E-state index contributed by atoms with van der Waals surface area (Å²) in [5.74, 6) is 0.0657. The van der Waals surface area contributed by atoms with E-state index >= 15 is 0 Å². The van der Waals surface area contributed by atoms with Crippen LogP contribution >= 0.6 is 0 Å². The predicted octanol–water partition coefficient (Wildman–Crippen LogP) is 4.70. The second-order valence-electron chi connectivity index (χ2n) is 5.53. The van der Waals surface area contributed by atoms with Crippen molar-refractivity contribution < 1.29 is 14.6 Å². The van der Waals surface area contributed by atoms with Crippen molar-refractivity contribution in [2.75, 3.05) is 13.2 Å². The minimum Gasteiger partial charge on any atom is -0.462 e. The fraction of sp³-hybridized carbons (Fsp3) is 0.526. The average Bonchev–Trinajstić information content (AvgIpc) is 2.51. The van der Waals surface area contributed by atoms with E-state index in [2.05, 4.69) is 34.3 Å². The summed E-state index contributed by atoms with van der Waals surface area (Å²) in [7, 11) is 0. The molecule has 3 heteroatoms. The second-order valence-corrected chi connectivity index (χ2v) is 5.53. The lowest BCUT2D eigenvalue weighted by Crippen LogP contribution is -2.07. The second kappa shape index (κ2) is 12.0. The summed E-state index contributed by atoms with van der Waals surface area (Å²) in [4.78, 5) is 11.7. The molecule has 0 fully saturated rings. The number of allylic oxidation sites excluding steroid dienone is 1. The summed E-state index contributed by atoms with van der Waals surface area (Å²) in [5.41, 5.74) is 2.65.